The Morgan fingerprint density at radius 2 is 1.54 bits per heavy atom. The van der Waals surface area contributed by atoms with Gasteiger partial charge in [-0.2, -0.15) is 26.3 Å². The minimum absolute atomic E-state index is 0.0509. The number of aliphatic hydroxyl groups excluding tert-OH is 1. The van der Waals surface area contributed by atoms with Crippen molar-refractivity contribution in [3.05, 3.63) is 41.0 Å². The summed E-state index contributed by atoms with van der Waals surface area (Å²) in [5.41, 5.74) is 0.111. The standard InChI is InChI=1S/C20H20F6O2/c1-11-2-7-15-14(16(11)10-27)8-9-17(18(15)20(24,25)26)28-13-5-3-12(4-6-13)19(21,22)23/h2,7-9,12-13,27H,3-6,10H2,1H3/t12-,13+. The summed E-state index contributed by atoms with van der Waals surface area (Å²) >= 11 is 0. The largest absolute Gasteiger partial charge is 0.490 e. The Morgan fingerprint density at radius 3 is 2.07 bits per heavy atom. The van der Waals surface area contributed by atoms with Gasteiger partial charge in [-0.1, -0.05) is 18.2 Å². The van der Waals surface area contributed by atoms with E-state index in [1.165, 1.54) is 24.3 Å². The van der Waals surface area contributed by atoms with Crippen LogP contribution in [0.25, 0.3) is 10.8 Å². The topological polar surface area (TPSA) is 29.5 Å². The minimum atomic E-state index is -4.71. The molecule has 0 radical (unpaired) electrons. The molecule has 3 rings (SSSR count). The van der Waals surface area contributed by atoms with Crippen LogP contribution in [0, 0.1) is 12.8 Å². The van der Waals surface area contributed by atoms with Crippen molar-refractivity contribution >= 4 is 10.8 Å². The van der Waals surface area contributed by atoms with Crippen molar-refractivity contribution in [3.8, 4) is 5.75 Å². The number of aryl methyl sites for hydroxylation is 1. The van der Waals surface area contributed by atoms with E-state index in [0.717, 1.165) is 0 Å². The molecule has 1 aliphatic carbocycles. The Bertz CT molecular complexity index is 848. The van der Waals surface area contributed by atoms with Crippen LogP contribution in [0.4, 0.5) is 26.3 Å². The van der Waals surface area contributed by atoms with E-state index < -0.39 is 36.5 Å². The van der Waals surface area contributed by atoms with Gasteiger partial charge in [0.15, 0.2) is 0 Å². The van der Waals surface area contributed by atoms with Crippen LogP contribution >= 0.6 is 0 Å². The highest BCUT2D eigenvalue weighted by atomic mass is 19.4. The van der Waals surface area contributed by atoms with Gasteiger partial charge in [-0.3, -0.25) is 0 Å². The zero-order chi connectivity index (χ0) is 20.7. The van der Waals surface area contributed by atoms with E-state index in [-0.39, 0.29) is 42.2 Å². The summed E-state index contributed by atoms with van der Waals surface area (Å²) in [6, 6.07) is 5.49. The van der Waals surface area contributed by atoms with Gasteiger partial charge in [0, 0.05) is 0 Å². The predicted octanol–water partition coefficient (Wildman–Crippen LogP) is 6.16. The van der Waals surface area contributed by atoms with Crippen molar-refractivity contribution in [2.24, 2.45) is 5.92 Å². The molecule has 1 saturated carbocycles. The molecule has 1 aliphatic rings. The molecular weight excluding hydrogens is 386 g/mol. The smallest absolute Gasteiger partial charge is 0.420 e. The molecule has 1 fully saturated rings. The van der Waals surface area contributed by atoms with Crippen LogP contribution < -0.4 is 4.74 Å². The molecule has 2 aromatic carbocycles. The molecule has 0 aliphatic heterocycles. The summed E-state index contributed by atoms with van der Waals surface area (Å²) in [5.74, 6) is -1.82. The molecule has 2 nitrogen and oxygen atoms in total. The Morgan fingerprint density at radius 1 is 0.929 bits per heavy atom. The third-order valence-corrected chi connectivity index (χ3v) is 5.38. The molecule has 0 spiro atoms. The average molecular weight is 406 g/mol. The fourth-order valence-corrected chi connectivity index (χ4v) is 3.85. The maximum atomic E-state index is 13.8. The van der Waals surface area contributed by atoms with Gasteiger partial charge in [0.25, 0.3) is 0 Å². The van der Waals surface area contributed by atoms with Gasteiger partial charge in [0.05, 0.1) is 18.6 Å². The SMILES string of the molecule is Cc1ccc2c(C(F)(F)F)c(O[C@H]3CC[C@@H](C(F)(F)F)CC3)ccc2c1CO. The van der Waals surface area contributed by atoms with Crippen LogP contribution in [0.3, 0.4) is 0 Å². The maximum Gasteiger partial charge on any atom is 0.420 e. The molecule has 0 amide bonds. The molecular formula is C20H20F6O2. The summed E-state index contributed by atoms with van der Waals surface area (Å²) in [6.45, 7) is 1.30. The normalized spacial score (nSPS) is 21.1. The van der Waals surface area contributed by atoms with Gasteiger partial charge >= 0.3 is 12.4 Å². The van der Waals surface area contributed by atoms with Gasteiger partial charge in [0.2, 0.25) is 0 Å². The third kappa shape index (κ3) is 4.06. The molecule has 2 aromatic rings. The molecule has 0 saturated heterocycles. The first-order valence-electron chi connectivity index (χ1n) is 8.99. The lowest BCUT2D eigenvalue weighted by Crippen LogP contribution is -2.32. The number of ether oxygens (including phenoxy) is 1. The van der Waals surface area contributed by atoms with E-state index in [4.69, 9.17) is 4.74 Å². The number of rotatable bonds is 3. The summed E-state index contributed by atoms with van der Waals surface area (Å²) in [4.78, 5) is 0. The van der Waals surface area contributed by atoms with Crippen LogP contribution in [0.15, 0.2) is 24.3 Å². The monoisotopic (exact) mass is 406 g/mol. The third-order valence-electron chi connectivity index (χ3n) is 5.38. The van der Waals surface area contributed by atoms with Gasteiger partial charge in [-0.05, 0) is 60.6 Å². The number of fused-ring (bicyclic) bond motifs is 1. The van der Waals surface area contributed by atoms with Gasteiger partial charge < -0.3 is 9.84 Å². The zero-order valence-electron chi connectivity index (χ0n) is 15.1. The number of aliphatic hydroxyl groups is 1. The Balaban J connectivity index is 1.95. The Labute approximate surface area is 158 Å². The van der Waals surface area contributed by atoms with Crippen molar-refractivity contribution in [1.29, 1.82) is 0 Å². The molecule has 0 bridgehead atoms. The molecule has 154 valence electrons. The van der Waals surface area contributed by atoms with Crippen LogP contribution in [0.1, 0.15) is 42.4 Å². The van der Waals surface area contributed by atoms with Crippen molar-refractivity contribution < 1.29 is 36.2 Å². The van der Waals surface area contributed by atoms with Crippen molar-refractivity contribution in [1.82, 2.24) is 0 Å². The number of hydrogen-bond acceptors (Lipinski definition) is 2. The summed E-state index contributed by atoms with van der Waals surface area (Å²) in [7, 11) is 0. The molecule has 0 aromatic heterocycles. The van der Waals surface area contributed by atoms with Crippen LogP contribution in [-0.4, -0.2) is 17.4 Å². The molecule has 8 heteroatoms. The number of halogens is 6. The maximum absolute atomic E-state index is 13.8. The van der Waals surface area contributed by atoms with E-state index >= 15 is 0 Å². The molecule has 0 atom stereocenters. The van der Waals surface area contributed by atoms with Crippen LogP contribution in [0.2, 0.25) is 0 Å². The first-order chi connectivity index (χ1) is 13.0. The first kappa shape index (κ1) is 20.8. The second-order valence-electron chi connectivity index (χ2n) is 7.18. The molecule has 1 N–H and O–H groups in total. The highest BCUT2D eigenvalue weighted by molar-refractivity contribution is 5.91. The van der Waals surface area contributed by atoms with Crippen LogP contribution in [0.5, 0.6) is 5.75 Å². The lowest BCUT2D eigenvalue weighted by atomic mass is 9.87. The average Bonchev–Trinajstić information content (AvgIpc) is 2.60. The summed E-state index contributed by atoms with van der Waals surface area (Å²) in [6.07, 6.45) is -9.90. The summed E-state index contributed by atoms with van der Waals surface area (Å²) < 4.78 is 85.3. The lowest BCUT2D eigenvalue weighted by molar-refractivity contribution is -0.185. The van der Waals surface area contributed by atoms with E-state index in [1.807, 2.05) is 0 Å². The lowest BCUT2D eigenvalue weighted by Gasteiger charge is -2.31. The van der Waals surface area contributed by atoms with Crippen LogP contribution in [-0.2, 0) is 12.8 Å². The number of benzene rings is 2. The molecule has 28 heavy (non-hydrogen) atoms. The van der Waals surface area contributed by atoms with Crippen molar-refractivity contribution in [3.63, 3.8) is 0 Å². The highest BCUT2D eigenvalue weighted by Gasteiger charge is 2.42. The van der Waals surface area contributed by atoms with Crippen molar-refractivity contribution in [2.45, 2.75) is 57.7 Å². The van der Waals surface area contributed by atoms with E-state index in [2.05, 4.69) is 0 Å². The van der Waals surface area contributed by atoms with Gasteiger partial charge in [-0.25, -0.2) is 0 Å². The Hall–Kier alpha value is -1.96. The van der Waals surface area contributed by atoms with E-state index in [1.54, 1.807) is 6.92 Å². The minimum Gasteiger partial charge on any atom is -0.490 e. The quantitative estimate of drug-likeness (QED) is 0.619. The fraction of sp³-hybridized carbons (Fsp3) is 0.500. The molecule has 0 unspecified atom stereocenters. The van der Waals surface area contributed by atoms with Crippen molar-refractivity contribution in [2.75, 3.05) is 0 Å². The molecule has 0 heterocycles. The second-order valence-corrected chi connectivity index (χ2v) is 7.18. The van der Waals surface area contributed by atoms with E-state index in [9.17, 15) is 31.4 Å². The van der Waals surface area contributed by atoms with Gasteiger partial charge in [0.1, 0.15) is 11.3 Å². The second kappa shape index (κ2) is 7.46. The fourth-order valence-electron chi connectivity index (χ4n) is 3.85. The predicted molar refractivity (Wildman–Crippen MR) is 92.0 cm³/mol. The number of alkyl halides is 6. The highest BCUT2D eigenvalue weighted by Crippen LogP contribution is 2.44. The summed E-state index contributed by atoms with van der Waals surface area (Å²) in [5, 5.41) is 9.71. The zero-order valence-corrected chi connectivity index (χ0v) is 15.1. The van der Waals surface area contributed by atoms with Gasteiger partial charge in [-0.15, -0.1) is 0 Å². The Kier molecular flexibility index (Phi) is 5.53. The first-order valence-corrected chi connectivity index (χ1v) is 8.99. The number of hydrogen-bond donors (Lipinski definition) is 1. The van der Waals surface area contributed by atoms with E-state index in [0.29, 0.717) is 11.1 Å².